The zero-order chi connectivity index (χ0) is 16.6. The van der Waals surface area contributed by atoms with Gasteiger partial charge >= 0.3 is 0 Å². The van der Waals surface area contributed by atoms with Crippen LogP contribution in [0.25, 0.3) is 22.5 Å². The Morgan fingerprint density at radius 1 is 1.04 bits per heavy atom. The number of hydrogen-bond acceptors (Lipinski definition) is 3. The van der Waals surface area contributed by atoms with Crippen LogP contribution in [0.15, 0.2) is 53.4 Å². The molecule has 6 heteroatoms. The highest BCUT2D eigenvalue weighted by Crippen LogP contribution is 2.32. The maximum Gasteiger partial charge on any atom is 0.175 e. The molecule has 0 radical (unpaired) electrons. The van der Waals surface area contributed by atoms with Crippen LogP contribution in [-0.2, 0) is 9.84 Å². The molecular weight excluding hydrogens is 315 g/mol. The van der Waals surface area contributed by atoms with Crippen molar-refractivity contribution in [1.29, 1.82) is 0 Å². The predicted molar refractivity (Wildman–Crippen MR) is 87.3 cm³/mol. The summed E-state index contributed by atoms with van der Waals surface area (Å²) in [6.07, 6.45) is 1.16. The summed E-state index contributed by atoms with van der Waals surface area (Å²) in [4.78, 5) is 7.73. The smallest absolute Gasteiger partial charge is 0.175 e. The van der Waals surface area contributed by atoms with E-state index < -0.39 is 9.84 Å². The van der Waals surface area contributed by atoms with E-state index in [-0.39, 0.29) is 10.7 Å². The van der Waals surface area contributed by atoms with Gasteiger partial charge in [-0.2, -0.15) is 0 Å². The molecule has 0 saturated carbocycles. The van der Waals surface area contributed by atoms with Gasteiger partial charge in [0, 0.05) is 17.4 Å². The Hall–Kier alpha value is -2.47. The maximum atomic E-state index is 14.1. The lowest BCUT2D eigenvalue weighted by Gasteiger charge is -2.05. The van der Waals surface area contributed by atoms with Crippen molar-refractivity contribution in [3.63, 3.8) is 0 Å². The molecule has 1 heterocycles. The van der Waals surface area contributed by atoms with Gasteiger partial charge in [0.05, 0.1) is 16.3 Å². The molecule has 1 aromatic heterocycles. The van der Waals surface area contributed by atoms with Crippen molar-refractivity contribution in [2.45, 2.75) is 11.8 Å². The summed E-state index contributed by atoms with van der Waals surface area (Å²) in [6.45, 7) is 1.79. The second-order valence-corrected chi connectivity index (χ2v) is 7.34. The Balaban J connectivity index is 2.13. The molecule has 1 N–H and O–H groups in total. The lowest BCUT2D eigenvalue weighted by Crippen LogP contribution is -1.96. The second kappa shape index (κ2) is 5.62. The third kappa shape index (κ3) is 3.03. The van der Waals surface area contributed by atoms with Crippen LogP contribution in [0.3, 0.4) is 0 Å². The first-order valence-electron chi connectivity index (χ1n) is 6.98. The molecule has 0 spiro atoms. The number of rotatable bonds is 3. The monoisotopic (exact) mass is 330 g/mol. The molecule has 0 fully saturated rings. The van der Waals surface area contributed by atoms with Crippen LogP contribution in [0, 0.1) is 12.7 Å². The molecule has 23 heavy (non-hydrogen) atoms. The number of benzene rings is 2. The summed E-state index contributed by atoms with van der Waals surface area (Å²) >= 11 is 0. The molecule has 0 atom stereocenters. The van der Waals surface area contributed by atoms with Gasteiger partial charge in [-0.05, 0) is 31.2 Å². The number of halogens is 1. The van der Waals surface area contributed by atoms with Crippen molar-refractivity contribution in [3.05, 3.63) is 60.2 Å². The molecule has 3 aromatic rings. The van der Waals surface area contributed by atoms with E-state index >= 15 is 0 Å². The highest BCUT2D eigenvalue weighted by molar-refractivity contribution is 7.90. The van der Waals surface area contributed by atoms with E-state index in [0.717, 1.165) is 11.8 Å². The standard InChI is InChI=1S/C17H15FN2O2S/c1-11-19-16(12-7-9-13(10-8-12)23(2,21)22)17(20-11)14-5-3-4-6-15(14)18/h3-10H,1-2H3,(H,19,20). The van der Waals surface area contributed by atoms with E-state index in [1.807, 2.05) is 0 Å². The Morgan fingerprint density at radius 3 is 2.30 bits per heavy atom. The highest BCUT2D eigenvalue weighted by Gasteiger charge is 2.16. The summed E-state index contributed by atoms with van der Waals surface area (Å²) in [5.41, 5.74) is 2.32. The molecule has 0 aliphatic carbocycles. The van der Waals surface area contributed by atoms with E-state index in [1.54, 1.807) is 37.3 Å². The largest absolute Gasteiger partial charge is 0.342 e. The molecular formula is C17H15FN2O2S. The quantitative estimate of drug-likeness (QED) is 0.798. The molecule has 3 rings (SSSR count). The first-order chi connectivity index (χ1) is 10.9. The number of imidazole rings is 1. The van der Waals surface area contributed by atoms with Gasteiger partial charge in [0.25, 0.3) is 0 Å². The van der Waals surface area contributed by atoms with Crippen LogP contribution in [0.1, 0.15) is 5.82 Å². The number of H-pyrrole nitrogens is 1. The van der Waals surface area contributed by atoms with Crippen molar-refractivity contribution in [2.24, 2.45) is 0 Å². The van der Waals surface area contributed by atoms with Crippen LogP contribution >= 0.6 is 0 Å². The van der Waals surface area contributed by atoms with E-state index in [0.29, 0.717) is 22.8 Å². The number of nitrogens with one attached hydrogen (secondary N) is 1. The summed E-state index contributed by atoms with van der Waals surface area (Å²) in [6, 6.07) is 12.9. The van der Waals surface area contributed by atoms with E-state index in [4.69, 9.17) is 0 Å². The first-order valence-corrected chi connectivity index (χ1v) is 8.87. The topological polar surface area (TPSA) is 62.8 Å². The fourth-order valence-corrected chi connectivity index (χ4v) is 3.05. The minimum Gasteiger partial charge on any atom is -0.342 e. The molecule has 118 valence electrons. The fourth-order valence-electron chi connectivity index (χ4n) is 2.42. The third-order valence-electron chi connectivity index (χ3n) is 3.52. The van der Waals surface area contributed by atoms with Gasteiger partial charge in [0.15, 0.2) is 9.84 Å². The second-order valence-electron chi connectivity index (χ2n) is 5.32. The molecule has 0 bridgehead atoms. The lowest BCUT2D eigenvalue weighted by molar-refractivity contribution is 0.602. The van der Waals surface area contributed by atoms with Crippen LogP contribution in [0.4, 0.5) is 4.39 Å². The molecule has 4 nitrogen and oxygen atoms in total. The summed E-state index contributed by atoms with van der Waals surface area (Å²) in [5, 5.41) is 0. The van der Waals surface area contributed by atoms with Crippen molar-refractivity contribution >= 4 is 9.84 Å². The first kappa shape index (κ1) is 15.4. The highest BCUT2D eigenvalue weighted by atomic mass is 32.2. The minimum absolute atomic E-state index is 0.237. The molecule has 0 aliphatic rings. The minimum atomic E-state index is -3.25. The third-order valence-corrected chi connectivity index (χ3v) is 4.65. The fraction of sp³-hybridized carbons (Fsp3) is 0.118. The normalized spacial score (nSPS) is 11.6. The van der Waals surface area contributed by atoms with Crippen LogP contribution in [0.5, 0.6) is 0 Å². The lowest BCUT2D eigenvalue weighted by atomic mass is 10.0. The van der Waals surface area contributed by atoms with Gasteiger partial charge in [0.1, 0.15) is 11.6 Å². The number of aryl methyl sites for hydroxylation is 1. The van der Waals surface area contributed by atoms with Crippen LogP contribution in [0.2, 0.25) is 0 Å². The molecule has 0 aliphatic heterocycles. The molecule has 0 amide bonds. The number of hydrogen-bond donors (Lipinski definition) is 1. The van der Waals surface area contributed by atoms with Gasteiger partial charge in [-0.1, -0.05) is 24.3 Å². The van der Waals surface area contributed by atoms with Gasteiger partial charge < -0.3 is 4.98 Å². The molecule has 2 aromatic carbocycles. The Labute approximate surface area is 133 Å². The van der Waals surface area contributed by atoms with Crippen molar-refractivity contribution in [1.82, 2.24) is 9.97 Å². The SMILES string of the molecule is Cc1nc(-c2ccc(S(C)(=O)=O)cc2)c(-c2ccccc2F)[nH]1. The summed E-state index contributed by atoms with van der Waals surface area (Å²) < 4.78 is 37.2. The number of aromatic amines is 1. The van der Waals surface area contributed by atoms with Gasteiger partial charge in [-0.3, -0.25) is 0 Å². The van der Waals surface area contributed by atoms with Gasteiger partial charge in [0.2, 0.25) is 0 Å². The van der Waals surface area contributed by atoms with Crippen molar-refractivity contribution < 1.29 is 12.8 Å². The molecule has 0 unspecified atom stereocenters. The average Bonchev–Trinajstić information content (AvgIpc) is 2.89. The van der Waals surface area contributed by atoms with Gasteiger partial charge in [-0.15, -0.1) is 0 Å². The molecule has 0 saturated heterocycles. The van der Waals surface area contributed by atoms with E-state index in [9.17, 15) is 12.8 Å². The number of sulfone groups is 1. The zero-order valence-electron chi connectivity index (χ0n) is 12.7. The van der Waals surface area contributed by atoms with Crippen molar-refractivity contribution in [2.75, 3.05) is 6.26 Å². The average molecular weight is 330 g/mol. The maximum absolute atomic E-state index is 14.1. The van der Waals surface area contributed by atoms with Crippen molar-refractivity contribution in [3.8, 4) is 22.5 Å². The summed E-state index contributed by atoms with van der Waals surface area (Å²) in [5.74, 6) is 0.315. The van der Waals surface area contributed by atoms with Crippen LogP contribution in [-0.4, -0.2) is 24.6 Å². The van der Waals surface area contributed by atoms with Gasteiger partial charge in [-0.25, -0.2) is 17.8 Å². The van der Waals surface area contributed by atoms with E-state index in [1.165, 1.54) is 18.2 Å². The Bertz CT molecular complexity index is 961. The number of nitrogens with zero attached hydrogens (tertiary/aromatic N) is 1. The predicted octanol–water partition coefficient (Wildman–Crippen LogP) is 3.59. The Morgan fingerprint density at radius 2 is 1.70 bits per heavy atom. The zero-order valence-corrected chi connectivity index (χ0v) is 13.5. The van der Waals surface area contributed by atoms with E-state index in [2.05, 4.69) is 9.97 Å². The Kier molecular flexibility index (Phi) is 3.77. The summed E-state index contributed by atoms with van der Waals surface area (Å²) in [7, 11) is -3.25. The van der Waals surface area contributed by atoms with Crippen LogP contribution < -0.4 is 0 Å². The number of aromatic nitrogens is 2.